The maximum atomic E-state index is 12.4. The summed E-state index contributed by atoms with van der Waals surface area (Å²) >= 11 is 0. The second-order valence-corrected chi connectivity index (χ2v) is 5.97. The number of carbonyl (C=O) groups is 2. The number of aromatic nitrogens is 2. The number of carbonyl (C=O) groups excluding carboxylic acids is 2. The lowest BCUT2D eigenvalue weighted by Crippen LogP contribution is -2.45. The average Bonchev–Trinajstić information content (AvgIpc) is 3.32. The summed E-state index contributed by atoms with van der Waals surface area (Å²) in [7, 11) is 3.41. The molecule has 2 amide bonds. The van der Waals surface area contributed by atoms with E-state index < -0.39 is 0 Å². The number of hydrogen-bond acceptors (Lipinski definition) is 6. The van der Waals surface area contributed by atoms with Gasteiger partial charge in [0.25, 0.3) is 0 Å². The summed E-state index contributed by atoms with van der Waals surface area (Å²) < 4.78 is 10.3. The lowest BCUT2D eigenvalue weighted by atomic mass is 10.2. The number of amides is 2. The third-order valence-electron chi connectivity index (χ3n) is 4.06. The second kappa shape index (κ2) is 6.86. The first-order valence-corrected chi connectivity index (χ1v) is 7.93. The standard InChI is InChI=1S/C16H20N4O4/c1-19(2)16(22)11-5-3-9-20(11)14(21)8-7-13-17-15(18-24-13)12-6-4-10-23-12/h4,6,10-11H,3,5,7-9H2,1-2H3. The summed E-state index contributed by atoms with van der Waals surface area (Å²) in [4.78, 5) is 32.0. The minimum Gasteiger partial charge on any atom is -0.461 e. The van der Waals surface area contributed by atoms with Crippen molar-refractivity contribution < 1.29 is 18.5 Å². The van der Waals surface area contributed by atoms with Crippen LogP contribution in [0.4, 0.5) is 0 Å². The van der Waals surface area contributed by atoms with Crippen molar-refractivity contribution in [1.29, 1.82) is 0 Å². The molecule has 1 aliphatic rings. The van der Waals surface area contributed by atoms with Crippen LogP contribution in [0.15, 0.2) is 27.3 Å². The molecular weight excluding hydrogens is 312 g/mol. The maximum absolute atomic E-state index is 12.4. The van der Waals surface area contributed by atoms with Crippen LogP contribution in [0.1, 0.15) is 25.2 Å². The largest absolute Gasteiger partial charge is 0.461 e. The first kappa shape index (κ1) is 16.2. The van der Waals surface area contributed by atoms with Crippen molar-refractivity contribution in [2.45, 2.75) is 31.7 Å². The minimum atomic E-state index is -0.353. The Hall–Kier alpha value is -2.64. The molecule has 3 rings (SSSR count). The van der Waals surface area contributed by atoms with Crippen LogP contribution < -0.4 is 0 Å². The van der Waals surface area contributed by atoms with Crippen molar-refractivity contribution in [2.24, 2.45) is 0 Å². The highest BCUT2D eigenvalue weighted by molar-refractivity contribution is 5.88. The molecule has 0 radical (unpaired) electrons. The van der Waals surface area contributed by atoms with Gasteiger partial charge < -0.3 is 18.7 Å². The van der Waals surface area contributed by atoms with Crippen molar-refractivity contribution in [3.8, 4) is 11.6 Å². The number of nitrogens with zero attached hydrogens (tertiary/aromatic N) is 4. The van der Waals surface area contributed by atoms with E-state index in [-0.39, 0.29) is 24.3 Å². The highest BCUT2D eigenvalue weighted by Crippen LogP contribution is 2.21. The number of rotatable bonds is 5. The summed E-state index contributed by atoms with van der Waals surface area (Å²) in [5, 5.41) is 3.83. The van der Waals surface area contributed by atoms with Gasteiger partial charge in [0.05, 0.1) is 6.26 Å². The molecule has 3 heterocycles. The fourth-order valence-corrected chi connectivity index (χ4v) is 2.84. The Kier molecular flexibility index (Phi) is 4.64. The van der Waals surface area contributed by atoms with Crippen molar-refractivity contribution >= 4 is 11.8 Å². The number of hydrogen-bond donors (Lipinski definition) is 0. The first-order valence-electron chi connectivity index (χ1n) is 7.93. The number of likely N-dealkylation sites (tertiary alicyclic amines) is 1. The average molecular weight is 332 g/mol. The van der Waals surface area contributed by atoms with Crippen LogP contribution in [0, 0.1) is 0 Å². The smallest absolute Gasteiger partial charge is 0.244 e. The molecular formula is C16H20N4O4. The molecule has 1 aliphatic heterocycles. The zero-order chi connectivity index (χ0) is 17.1. The predicted octanol–water partition coefficient (Wildman–Crippen LogP) is 1.34. The van der Waals surface area contributed by atoms with E-state index in [0.717, 1.165) is 6.42 Å². The van der Waals surface area contributed by atoms with Crippen molar-refractivity contribution in [1.82, 2.24) is 19.9 Å². The lowest BCUT2D eigenvalue weighted by Gasteiger charge is -2.26. The fraction of sp³-hybridized carbons (Fsp3) is 0.500. The SMILES string of the molecule is CN(C)C(=O)C1CCCN1C(=O)CCc1nc(-c2ccco2)no1. The van der Waals surface area contributed by atoms with Crippen LogP contribution in [0.25, 0.3) is 11.6 Å². The van der Waals surface area contributed by atoms with E-state index in [1.165, 1.54) is 11.2 Å². The topological polar surface area (TPSA) is 92.7 Å². The Balaban J connectivity index is 1.58. The summed E-state index contributed by atoms with van der Waals surface area (Å²) in [5.41, 5.74) is 0. The molecule has 1 atom stereocenters. The van der Waals surface area contributed by atoms with E-state index >= 15 is 0 Å². The molecule has 2 aromatic heterocycles. The normalized spacial score (nSPS) is 17.2. The molecule has 0 aliphatic carbocycles. The van der Waals surface area contributed by atoms with Crippen LogP contribution in [-0.2, 0) is 16.0 Å². The van der Waals surface area contributed by atoms with Crippen molar-refractivity contribution in [2.75, 3.05) is 20.6 Å². The van der Waals surface area contributed by atoms with Gasteiger partial charge in [-0.15, -0.1) is 0 Å². The Morgan fingerprint density at radius 3 is 2.96 bits per heavy atom. The highest BCUT2D eigenvalue weighted by Gasteiger charge is 2.34. The Morgan fingerprint density at radius 2 is 2.25 bits per heavy atom. The zero-order valence-corrected chi connectivity index (χ0v) is 13.8. The van der Waals surface area contributed by atoms with Gasteiger partial charge in [0, 0.05) is 33.5 Å². The van der Waals surface area contributed by atoms with E-state index in [4.69, 9.17) is 8.94 Å². The van der Waals surface area contributed by atoms with Crippen LogP contribution in [0.3, 0.4) is 0 Å². The molecule has 0 saturated carbocycles. The summed E-state index contributed by atoms with van der Waals surface area (Å²) in [6.45, 7) is 0.616. The van der Waals surface area contributed by atoms with Crippen LogP contribution in [-0.4, -0.2) is 58.4 Å². The van der Waals surface area contributed by atoms with Crippen molar-refractivity contribution in [3.05, 3.63) is 24.3 Å². The van der Waals surface area contributed by atoms with E-state index in [9.17, 15) is 9.59 Å². The van der Waals surface area contributed by atoms with E-state index in [0.29, 0.717) is 36.9 Å². The number of likely N-dealkylation sites (N-methyl/N-ethyl adjacent to an activating group) is 1. The Bertz CT molecular complexity index is 707. The summed E-state index contributed by atoms with van der Waals surface area (Å²) in [6, 6.07) is 3.12. The quantitative estimate of drug-likeness (QED) is 0.820. The van der Waals surface area contributed by atoms with Gasteiger partial charge in [-0.3, -0.25) is 9.59 Å². The number of furan rings is 1. The van der Waals surface area contributed by atoms with Gasteiger partial charge in [-0.25, -0.2) is 0 Å². The van der Waals surface area contributed by atoms with E-state index in [1.54, 1.807) is 31.1 Å². The van der Waals surface area contributed by atoms with Crippen LogP contribution >= 0.6 is 0 Å². The van der Waals surface area contributed by atoms with Crippen LogP contribution in [0.5, 0.6) is 0 Å². The van der Waals surface area contributed by atoms with Gasteiger partial charge in [-0.05, 0) is 25.0 Å². The molecule has 1 unspecified atom stereocenters. The molecule has 24 heavy (non-hydrogen) atoms. The van der Waals surface area contributed by atoms with Gasteiger partial charge in [-0.2, -0.15) is 4.98 Å². The molecule has 0 N–H and O–H groups in total. The molecule has 0 bridgehead atoms. The summed E-state index contributed by atoms with van der Waals surface area (Å²) in [6.07, 6.45) is 3.66. The van der Waals surface area contributed by atoms with E-state index in [2.05, 4.69) is 10.1 Å². The van der Waals surface area contributed by atoms with Gasteiger partial charge in [0.15, 0.2) is 5.76 Å². The van der Waals surface area contributed by atoms with Gasteiger partial charge >= 0.3 is 0 Å². The molecule has 0 aromatic carbocycles. The molecule has 1 saturated heterocycles. The molecule has 1 fully saturated rings. The fourth-order valence-electron chi connectivity index (χ4n) is 2.84. The molecule has 8 heteroatoms. The maximum Gasteiger partial charge on any atom is 0.244 e. The zero-order valence-electron chi connectivity index (χ0n) is 13.8. The monoisotopic (exact) mass is 332 g/mol. The van der Waals surface area contributed by atoms with Gasteiger partial charge in [0.1, 0.15) is 6.04 Å². The third-order valence-corrected chi connectivity index (χ3v) is 4.06. The predicted molar refractivity (Wildman–Crippen MR) is 83.8 cm³/mol. The van der Waals surface area contributed by atoms with Crippen molar-refractivity contribution in [3.63, 3.8) is 0 Å². The minimum absolute atomic E-state index is 0.0289. The van der Waals surface area contributed by atoms with Gasteiger partial charge in [-0.1, -0.05) is 5.16 Å². The highest BCUT2D eigenvalue weighted by atomic mass is 16.5. The molecule has 0 spiro atoms. The number of aryl methyl sites for hydroxylation is 1. The molecule has 8 nitrogen and oxygen atoms in total. The summed E-state index contributed by atoms with van der Waals surface area (Å²) in [5.74, 6) is 1.17. The van der Waals surface area contributed by atoms with Crippen LogP contribution in [0.2, 0.25) is 0 Å². The third kappa shape index (κ3) is 3.32. The Labute approximate surface area is 139 Å². The van der Waals surface area contributed by atoms with E-state index in [1.807, 2.05) is 0 Å². The lowest BCUT2D eigenvalue weighted by molar-refractivity contribution is -0.142. The first-order chi connectivity index (χ1) is 11.6. The molecule has 128 valence electrons. The van der Waals surface area contributed by atoms with Gasteiger partial charge in [0.2, 0.25) is 23.5 Å². The Morgan fingerprint density at radius 1 is 1.42 bits per heavy atom. The molecule has 2 aromatic rings. The second-order valence-electron chi connectivity index (χ2n) is 5.97.